The average Bonchev–Trinajstić information content (AvgIpc) is 3.10. The fourth-order valence-electron chi connectivity index (χ4n) is 5.24. The van der Waals surface area contributed by atoms with Gasteiger partial charge in [0.2, 0.25) is 10.0 Å². The summed E-state index contributed by atoms with van der Waals surface area (Å²) in [5, 5.41) is 0. The number of carbonyl (C=O) groups excluding carboxylic acids is 1. The number of nitrogens with zero attached hydrogens (tertiary/aromatic N) is 2. The van der Waals surface area contributed by atoms with Crippen molar-refractivity contribution in [2.75, 3.05) is 32.9 Å². The molecule has 0 N–H and O–H groups in total. The van der Waals surface area contributed by atoms with Crippen LogP contribution >= 0.6 is 0 Å². The van der Waals surface area contributed by atoms with Gasteiger partial charge < -0.3 is 14.0 Å². The Bertz CT molecular complexity index is 1160. The maximum Gasteiger partial charge on any atom is 0.325 e. The molecule has 0 saturated carbocycles. The third-order valence-electron chi connectivity index (χ3n) is 7.09. The van der Waals surface area contributed by atoms with Gasteiger partial charge in [-0.2, -0.15) is 4.31 Å². The minimum atomic E-state index is -3.62. The molecule has 2 aromatic rings. The largest absolute Gasteiger partial charge is 0.465 e. The standard InChI is InChI=1S/C26H36N2O5S.C2H6/c1-5-33-25(29)18-28-19(2)21(22-17-26(3,4)11-10-23(22)28)16-20-8-6-7-9-24(20)34(30,31)27-12-14-32-15-13-27;1-2/h6-9H,5,10-18H2,1-4H3;1-2H3. The van der Waals surface area contributed by atoms with Crippen LogP contribution in [0, 0.1) is 12.3 Å². The van der Waals surface area contributed by atoms with Crippen LogP contribution in [-0.4, -0.2) is 56.2 Å². The van der Waals surface area contributed by atoms with E-state index in [0.29, 0.717) is 44.2 Å². The van der Waals surface area contributed by atoms with Gasteiger partial charge in [-0.05, 0) is 61.3 Å². The Labute approximate surface area is 216 Å². The quantitative estimate of drug-likeness (QED) is 0.504. The summed E-state index contributed by atoms with van der Waals surface area (Å²) in [5.74, 6) is -0.241. The number of carbonyl (C=O) groups is 1. The molecule has 36 heavy (non-hydrogen) atoms. The Balaban J connectivity index is 0.00000176. The maximum atomic E-state index is 13.5. The molecule has 1 aromatic carbocycles. The molecule has 1 fully saturated rings. The van der Waals surface area contributed by atoms with E-state index in [0.717, 1.165) is 36.1 Å². The molecule has 0 spiro atoms. The van der Waals surface area contributed by atoms with Gasteiger partial charge in [0, 0.05) is 30.9 Å². The number of rotatable bonds is 7. The molecule has 2 heterocycles. The number of hydrogen-bond acceptors (Lipinski definition) is 5. The molecule has 4 rings (SSSR count). The third kappa shape index (κ3) is 6.03. The predicted molar refractivity (Wildman–Crippen MR) is 142 cm³/mol. The fraction of sp³-hybridized carbons (Fsp3) is 0.607. The van der Waals surface area contributed by atoms with Gasteiger partial charge in [-0.3, -0.25) is 4.79 Å². The SMILES string of the molecule is CC.CCOC(=O)Cn1c(C)c(Cc2ccccc2S(=O)(=O)N2CCOCC2)c2c1CCC(C)(C)C2. The van der Waals surface area contributed by atoms with Gasteiger partial charge in [0.05, 0.1) is 24.7 Å². The molecular weight excluding hydrogens is 476 g/mol. The molecule has 0 unspecified atom stereocenters. The van der Waals surface area contributed by atoms with E-state index in [1.54, 1.807) is 12.1 Å². The fourth-order valence-corrected chi connectivity index (χ4v) is 6.87. The summed E-state index contributed by atoms with van der Waals surface area (Å²) in [6, 6.07) is 7.31. The van der Waals surface area contributed by atoms with Gasteiger partial charge in [-0.15, -0.1) is 0 Å². The maximum absolute atomic E-state index is 13.5. The van der Waals surface area contributed by atoms with Crippen molar-refractivity contribution in [1.82, 2.24) is 8.87 Å². The van der Waals surface area contributed by atoms with Crippen LogP contribution in [0.2, 0.25) is 0 Å². The van der Waals surface area contributed by atoms with Crippen molar-refractivity contribution >= 4 is 16.0 Å². The molecule has 2 aliphatic rings. The lowest BCUT2D eigenvalue weighted by molar-refractivity contribution is -0.143. The van der Waals surface area contributed by atoms with Crippen molar-refractivity contribution in [3.05, 3.63) is 52.3 Å². The summed E-state index contributed by atoms with van der Waals surface area (Å²) in [5.41, 5.74) is 5.55. The summed E-state index contributed by atoms with van der Waals surface area (Å²) in [4.78, 5) is 12.7. The topological polar surface area (TPSA) is 77.8 Å². The second kappa shape index (κ2) is 11.9. The summed E-state index contributed by atoms with van der Waals surface area (Å²) < 4.78 is 41.2. The lowest BCUT2D eigenvalue weighted by Gasteiger charge is -2.31. The smallest absolute Gasteiger partial charge is 0.325 e. The molecule has 1 saturated heterocycles. The number of sulfonamides is 1. The minimum absolute atomic E-state index is 0.156. The van der Waals surface area contributed by atoms with E-state index in [4.69, 9.17) is 9.47 Å². The van der Waals surface area contributed by atoms with E-state index in [-0.39, 0.29) is 17.9 Å². The molecule has 7 nitrogen and oxygen atoms in total. The van der Waals surface area contributed by atoms with E-state index >= 15 is 0 Å². The van der Waals surface area contributed by atoms with E-state index in [2.05, 4.69) is 18.4 Å². The zero-order valence-electron chi connectivity index (χ0n) is 22.7. The van der Waals surface area contributed by atoms with Gasteiger partial charge >= 0.3 is 5.97 Å². The summed E-state index contributed by atoms with van der Waals surface area (Å²) in [7, 11) is -3.62. The summed E-state index contributed by atoms with van der Waals surface area (Å²) in [6.45, 7) is 14.5. The first-order chi connectivity index (χ1) is 17.1. The number of ether oxygens (including phenoxy) is 2. The third-order valence-corrected chi connectivity index (χ3v) is 9.09. The highest BCUT2D eigenvalue weighted by molar-refractivity contribution is 7.89. The van der Waals surface area contributed by atoms with Gasteiger partial charge in [0.1, 0.15) is 6.54 Å². The van der Waals surface area contributed by atoms with Crippen molar-refractivity contribution < 1.29 is 22.7 Å². The Morgan fingerprint density at radius 2 is 1.81 bits per heavy atom. The lowest BCUT2D eigenvalue weighted by Crippen LogP contribution is -2.40. The van der Waals surface area contributed by atoms with Crippen LogP contribution in [0.1, 0.15) is 69.1 Å². The Kier molecular flexibility index (Phi) is 9.41. The second-order valence-corrected chi connectivity index (χ2v) is 11.9. The Morgan fingerprint density at radius 3 is 2.47 bits per heavy atom. The van der Waals surface area contributed by atoms with Crippen LogP contribution in [0.4, 0.5) is 0 Å². The number of fused-ring (bicyclic) bond motifs is 1. The summed E-state index contributed by atoms with van der Waals surface area (Å²) in [6.07, 6.45) is 3.37. The highest BCUT2D eigenvalue weighted by atomic mass is 32.2. The van der Waals surface area contributed by atoms with Crippen molar-refractivity contribution in [3.8, 4) is 0 Å². The molecule has 0 atom stereocenters. The van der Waals surface area contributed by atoms with E-state index in [1.807, 2.05) is 39.8 Å². The number of morpholine rings is 1. The van der Waals surface area contributed by atoms with Gasteiger partial charge in [-0.1, -0.05) is 45.9 Å². The van der Waals surface area contributed by atoms with Crippen LogP contribution in [-0.2, 0) is 50.1 Å². The molecule has 1 aromatic heterocycles. The van der Waals surface area contributed by atoms with Crippen LogP contribution in [0.15, 0.2) is 29.2 Å². The number of benzene rings is 1. The number of hydrogen-bond donors (Lipinski definition) is 0. The molecule has 1 aliphatic carbocycles. The molecule has 0 radical (unpaired) electrons. The van der Waals surface area contributed by atoms with Crippen molar-refractivity contribution in [1.29, 1.82) is 0 Å². The van der Waals surface area contributed by atoms with Crippen molar-refractivity contribution in [2.24, 2.45) is 5.41 Å². The van der Waals surface area contributed by atoms with Gasteiger partial charge in [0.15, 0.2) is 0 Å². The normalized spacial score (nSPS) is 17.6. The molecule has 8 heteroatoms. The average molecular weight is 519 g/mol. The van der Waals surface area contributed by atoms with Crippen molar-refractivity contribution in [2.45, 2.75) is 78.7 Å². The lowest BCUT2D eigenvalue weighted by atomic mass is 9.75. The second-order valence-electron chi connectivity index (χ2n) is 10.0. The monoisotopic (exact) mass is 518 g/mol. The van der Waals surface area contributed by atoms with E-state index in [9.17, 15) is 13.2 Å². The van der Waals surface area contributed by atoms with Crippen LogP contribution in [0.5, 0.6) is 0 Å². The molecule has 200 valence electrons. The first-order valence-corrected chi connectivity index (χ1v) is 14.6. The van der Waals surface area contributed by atoms with Gasteiger partial charge in [0.25, 0.3) is 0 Å². The summed E-state index contributed by atoms with van der Waals surface area (Å²) >= 11 is 0. The number of aromatic nitrogens is 1. The first-order valence-electron chi connectivity index (χ1n) is 13.1. The molecule has 1 aliphatic heterocycles. The number of esters is 1. The Hall–Kier alpha value is -2.16. The molecule has 0 bridgehead atoms. The van der Waals surface area contributed by atoms with E-state index < -0.39 is 10.0 Å². The van der Waals surface area contributed by atoms with Crippen LogP contribution in [0.25, 0.3) is 0 Å². The molecule has 0 amide bonds. The van der Waals surface area contributed by atoms with Crippen molar-refractivity contribution in [3.63, 3.8) is 0 Å². The highest BCUT2D eigenvalue weighted by Crippen LogP contribution is 2.40. The minimum Gasteiger partial charge on any atom is -0.465 e. The predicted octanol–water partition coefficient (Wildman–Crippen LogP) is 4.51. The van der Waals surface area contributed by atoms with E-state index in [1.165, 1.54) is 15.6 Å². The highest BCUT2D eigenvalue weighted by Gasteiger charge is 2.33. The Morgan fingerprint density at radius 1 is 1.14 bits per heavy atom. The zero-order valence-corrected chi connectivity index (χ0v) is 23.5. The van der Waals surface area contributed by atoms with Crippen LogP contribution in [0.3, 0.4) is 0 Å². The van der Waals surface area contributed by atoms with Crippen LogP contribution < -0.4 is 0 Å². The first kappa shape index (κ1) is 28.4. The zero-order chi connectivity index (χ0) is 26.5. The van der Waals surface area contributed by atoms with Gasteiger partial charge in [-0.25, -0.2) is 8.42 Å². The molecular formula is C28H42N2O5S.